The Hall–Kier alpha value is -3.49. The van der Waals surface area contributed by atoms with Crippen molar-refractivity contribution in [3.05, 3.63) is 60.9 Å². The molecule has 1 saturated heterocycles. The number of urea groups is 1. The van der Waals surface area contributed by atoms with Gasteiger partial charge in [0.2, 0.25) is 0 Å². The van der Waals surface area contributed by atoms with E-state index < -0.39 is 6.36 Å². The van der Waals surface area contributed by atoms with Crippen LogP contribution in [0.15, 0.2) is 60.9 Å². The first-order valence-corrected chi connectivity index (χ1v) is 9.89. The lowest BCUT2D eigenvalue weighted by Crippen LogP contribution is -2.37. The molecule has 2 aliphatic rings. The molecular formula is C22H19F3N4O2. The van der Waals surface area contributed by atoms with Crippen molar-refractivity contribution in [3.63, 3.8) is 0 Å². The average Bonchev–Trinajstić information content (AvgIpc) is 3.16. The molecule has 2 aromatic carbocycles. The number of carbonyl (C=O) groups excluding carboxylic acids is 1. The van der Waals surface area contributed by atoms with Gasteiger partial charge in [0.05, 0.1) is 11.4 Å². The molecule has 1 aliphatic carbocycles. The maximum absolute atomic E-state index is 12.7. The summed E-state index contributed by atoms with van der Waals surface area (Å²) < 4.78 is 42.2. The van der Waals surface area contributed by atoms with E-state index in [0.717, 1.165) is 10.8 Å². The molecule has 31 heavy (non-hydrogen) atoms. The maximum atomic E-state index is 12.7. The molecule has 2 amide bonds. The number of hydrogen-bond acceptors (Lipinski definition) is 4. The molecule has 0 spiro atoms. The summed E-state index contributed by atoms with van der Waals surface area (Å²) in [5.41, 5.74) is 1.11. The van der Waals surface area contributed by atoms with Crippen LogP contribution in [0.3, 0.4) is 0 Å². The topological polar surface area (TPSA) is 66.5 Å². The van der Waals surface area contributed by atoms with E-state index in [1.54, 1.807) is 24.5 Å². The molecule has 6 nitrogen and oxygen atoms in total. The van der Waals surface area contributed by atoms with Crippen molar-refractivity contribution in [3.8, 4) is 5.75 Å². The van der Waals surface area contributed by atoms with Gasteiger partial charge in [-0.25, -0.2) is 4.79 Å². The fourth-order valence-electron chi connectivity index (χ4n) is 4.41. The number of carbonyl (C=O) groups is 1. The Kier molecular flexibility index (Phi) is 4.60. The zero-order chi connectivity index (χ0) is 21.6. The number of hydrogen-bond donors (Lipinski definition) is 2. The summed E-state index contributed by atoms with van der Waals surface area (Å²) in [5, 5.41) is 7.71. The SMILES string of the molecule is O=C(Nc1cccc2cnccc12)NC1C2CN(c3ccccc3OC(F)(F)F)CC21. The van der Waals surface area contributed by atoms with Crippen LogP contribution >= 0.6 is 0 Å². The number of alkyl halides is 3. The number of nitrogens with one attached hydrogen (secondary N) is 2. The van der Waals surface area contributed by atoms with Crippen LogP contribution in [0.5, 0.6) is 5.75 Å². The smallest absolute Gasteiger partial charge is 0.404 e. The number of rotatable bonds is 4. The molecule has 1 aromatic heterocycles. The Balaban J connectivity index is 1.20. The van der Waals surface area contributed by atoms with Crippen molar-refractivity contribution >= 4 is 28.2 Å². The third-order valence-electron chi connectivity index (χ3n) is 5.85. The van der Waals surface area contributed by atoms with Gasteiger partial charge in [-0.15, -0.1) is 13.2 Å². The van der Waals surface area contributed by atoms with Gasteiger partial charge in [-0.3, -0.25) is 4.98 Å². The summed E-state index contributed by atoms with van der Waals surface area (Å²) in [6.07, 6.45) is -1.33. The number of amides is 2. The van der Waals surface area contributed by atoms with E-state index in [-0.39, 0.29) is 29.7 Å². The second-order valence-electron chi connectivity index (χ2n) is 7.77. The molecule has 3 aromatic rings. The molecular weight excluding hydrogens is 409 g/mol. The van der Waals surface area contributed by atoms with Crippen LogP contribution in [0.1, 0.15) is 0 Å². The van der Waals surface area contributed by atoms with Gasteiger partial charge in [-0.2, -0.15) is 0 Å². The van der Waals surface area contributed by atoms with Gasteiger partial charge < -0.3 is 20.3 Å². The molecule has 2 N–H and O–H groups in total. The third kappa shape index (κ3) is 3.95. The van der Waals surface area contributed by atoms with E-state index in [9.17, 15) is 18.0 Å². The Labute approximate surface area is 176 Å². The number of benzene rings is 2. The Morgan fingerprint density at radius 3 is 2.61 bits per heavy atom. The average molecular weight is 428 g/mol. The van der Waals surface area contributed by atoms with Crippen molar-refractivity contribution in [2.45, 2.75) is 12.4 Å². The predicted molar refractivity (Wildman–Crippen MR) is 110 cm³/mol. The summed E-state index contributed by atoms with van der Waals surface area (Å²) in [4.78, 5) is 18.5. The lowest BCUT2D eigenvalue weighted by atomic mass is 10.1. The standard InChI is InChI=1S/C22H19F3N4O2/c23-22(24,25)31-19-7-2-1-6-18(19)29-11-15-16(12-29)20(15)28-21(30)27-17-5-3-4-13-10-26-9-8-14(13)17/h1-10,15-16,20H,11-12H2,(H2,27,28,30). The van der Waals surface area contributed by atoms with Crippen LogP contribution in [0, 0.1) is 11.8 Å². The second kappa shape index (κ2) is 7.33. The third-order valence-corrected chi connectivity index (χ3v) is 5.85. The monoisotopic (exact) mass is 428 g/mol. The second-order valence-corrected chi connectivity index (χ2v) is 7.77. The number of aromatic nitrogens is 1. The molecule has 0 radical (unpaired) electrons. The summed E-state index contributed by atoms with van der Waals surface area (Å²) in [7, 11) is 0. The van der Waals surface area contributed by atoms with Gasteiger partial charge in [0.25, 0.3) is 0 Å². The zero-order valence-corrected chi connectivity index (χ0v) is 16.3. The summed E-state index contributed by atoms with van der Waals surface area (Å²) in [6, 6.07) is 13.3. The van der Waals surface area contributed by atoms with E-state index in [2.05, 4.69) is 20.4 Å². The van der Waals surface area contributed by atoms with Crippen LogP contribution in [0.2, 0.25) is 0 Å². The number of anilines is 2. The summed E-state index contributed by atoms with van der Waals surface area (Å²) in [6.45, 7) is 1.13. The van der Waals surface area contributed by atoms with Gasteiger partial charge in [0.1, 0.15) is 0 Å². The molecule has 1 aliphatic heterocycles. The molecule has 0 bridgehead atoms. The first-order chi connectivity index (χ1) is 14.9. The number of fused-ring (bicyclic) bond motifs is 2. The quantitative estimate of drug-likeness (QED) is 0.647. The predicted octanol–water partition coefficient (Wildman–Crippen LogP) is 4.39. The minimum atomic E-state index is -4.74. The van der Waals surface area contributed by atoms with Gasteiger partial charge >= 0.3 is 12.4 Å². The summed E-state index contributed by atoms with van der Waals surface area (Å²) in [5.74, 6) is 0.187. The fourth-order valence-corrected chi connectivity index (χ4v) is 4.41. The number of pyridine rings is 1. The molecule has 160 valence electrons. The lowest BCUT2D eigenvalue weighted by Gasteiger charge is -2.25. The lowest BCUT2D eigenvalue weighted by molar-refractivity contribution is -0.274. The van der Waals surface area contributed by atoms with E-state index in [0.29, 0.717) is 24.5 Å². The fraction of sp³-hybridized carbons (Fsp3) is 0.273. The van der Waals surface area contributed by atoms with Crippen molar-refractivity contribution in [2.75, 3.05) is 23.3 Å². The van der Waals surface area contributed by atoms with E-state index >= 15 is 0 Å². The number of para-hydroxylation sites is 2. The Bertz CT molecular complexity index is 1120. The molecule has 1 saturated carbocycles. The number of halogens is 3. The normalized spacial score (nSPS) is 22.2. The maximum Gasteiger partial charge on any atom is 0.573 e. The molecule has 2 fully saturated rings. The van der Waals surface area contributed by atoms with Crippen LogP contribution in [-0.4, -0.2) is 36.5 Å². The van der Waals surface area contributed by atoms with E-state index in [4.69, 9.17) is 0 Å². The molecule has 2 heterocycles. The minimum Gasteiger partial charge on any atom is -0.404 e. The first-order valence-electron chi connectivity index (χ1n) is 9.89. The molecule has 2 atom stereocenters. The first kappa shape index (κ1) is 19.5. The number of nitrogens with zero attached hydrogens (tertiary/aromatic N) is 2. The minimum absolute atomic E-state index is 0.00332. The van der Waals surface area contributed by atoms with Crippen molar-refractivity contribution in [1.82, 2.24) is 10.3 Å². The highest BCUT2D eigenvalue weighted by Crippen LogP contribution is 2.48. The van der Waals surface area contributed by atoms with Gasteiger partial charge in [0, 0.05) is 54.1 Å². The molecule has 2 unspecified atom stereocenters. The Morgan fingerprint density at radius 2 is 1.84 bits per heavy atom. The highest BCUT2D eigenvalue weighted by Gasteiger charge is 2.57. The van der Waals surface area contributed by atoms with Gasteiger partial charge in [-0.1, -0.05) is 24.3 Å². The molecule has 5 rings (SSSR count). The van der Waals surface area contributed by atoms with Gasteiger partial charge in [-0.05, 0) is 24.3 Å². The highest BCUT2D eigenvalue weighted by molar-refractivity contribution is 6.01. The van der Waals surface area contributed by atoms with E-state index in [1.807, 2.05) is 29.2 Å². The number of piperidine rings is 1. The highest BCUT2D eigenvalue weighted by atomic mass is 19.4. The van der Waals surface area contributed by atoms with Crippen molar-refractivity contribution < 1.29 is 22.7 Å². The van der Waals surface area contributed by atoms with Crippen LogP contribution in [0.25, 0.3) is 10.8 Å². The molecule has 9 heteroatoms. The zero-order valence-electron chi connectivity index (χ0n) is 16.3. The van der Waals surface area contributed by atoms with Gasteiger partial charge in [0.15, 0.2) is 5.75 Å². The van der Waals surface area contributed by atoms with E-state index in [1.165, 1.54) is 12.1 Å². The van der Waals surface area contributed by atoms with Crippen LogP contribution < -0.4 is 20.3 Å². The van der Waals surface area contributed by atoms with Crippen molar-refractivity contribution in [2.24, 2.45) is 11.8 Å². The van der Waals surface area contributed by atoms with Crippen molar-refractivity contribution in [1.29, 1.82) is 0 Å². The Morgan fingerprint density at radius 1 is 1.06 bits per heavy atom. The summed E-state index contributed by atoms with van der Waals surface area (Å²) >= 11 is 0. The number of ether oxygens (including phenoxy) is 1. The largest absolute Gasteiger partial charge is 0.573 e. The van der Waals surface area contributed by atoms with Crippen LogP contribution in [0.4, 0.5) is 29.3 Å². The van der Waals surface area contributed by atoms with Crippen LogP contribution in [-0.2, 0) is 0 Å².